The molecule has 0 aliphatic carbocycles. The van der Waals surface area contributed by atoms with E-state index in [1.807, 2.05) is 12.1 Å². The number of benzene rings is 2. The number of nitrogens with one attached hydrogen (secondary N) is 2. The van der Waals surface area contributed by atoms with Crippen molar-refractivity contribution in [3.8, 4) is 11.3 Å². The Hall–Kier alpha value is -3.32. The van der Waals surface area contributed by atoms with Crippen LogP contribution in [0.15, 0.2) is 60.9 Å². The standard InChI is InChI=1S/C22H21FN4O2/c23-17-7-3-15(4-8-17)20-12-21(26-14-25-20)27-18-9-5-16(6-10-18)22(28)24-13-19-2-1-11-29-19/h3-10,12,14,19H,1-2,11,13H2,(H,24,28)(H,25,26,27)/t19-/m1/s1. The van der Waals surface area contributed by atoms with Crippen LogP contribution in [0.3, 0.4) is 0 Å². The molecule has 0 saturated carbocycles. The second-order valence-electron chi connectivity index (χ2n) is 6.84. The third-order valence-corrected chi connectivity index (χ3v) is 4.74. The first-order chi connectivity index (χ1) is 14.2. The van der Waals surface area contributed by atoms with Crippen molar-refractivity contribution in [3.63, 3.8) is 0 Å². The topological polar surface area (TPSA) is 76.1 Å². The van der Waals surface area contributed by atoms with Crippen molar-refractivity contribution >= 4 is 17.4 Å². The summed E-state index contributed by atoms with van der Waals surface area (Å²) >= 11 is 0. The Kier molecular flexibility index (Phi) is 5.76. The monoisotopic (exact) mass is 392 g/mol. The van der Waals surface area contributed by atoms with Crippen LogP contribution in [-0.4, -0.2) is 35.1 Å². The van der Waals surface area contributed by atoms with Crippen LogP contribution >= 0.6 is 0 Å². The molecule has 1 aliphatic heterocycles. The van der Waals surface area contributed by atoms with Crippen molar-refractivity contribution in [2.24, 2.45) is 0 Å². The van der Waals surface area contributed by atoms with Crippen molar-refractivity contribution < 1.29 is 13.9 Å². The highest BCUT2D eigenvalue weighted by Gasteiger charge is 2.16. The maximum Gasteiger partial charge on any atom is 0.251 e. The lowest BCUT2D eigenvalue weighted by molar-refractivity contribution is 0.0858. The Morgan fingerprint density at radius 3 is 2.62 bits per heavy atom. The predicted octanol–water partition coefficient (Wildman–Crippen LogP) is 3.94. The highest BCUT2D eigenvalue weighted by atomic mass is 19.1. The van der Waals surface area contributed by atoms with E-state index in [9.17, 15) is 9.18 Å². The molecule has 6 nitrogen and oxygen atoms in total. The second-order valence-corrected chi connectivity index (χ2v) is 6.84. The number of ether oxygens (including phenoxy) is 1. The van der Waals surface area contributed by atoms with E-state index in [2.05, 4.69) is 20.6 Å². The molecule has 1 aromatic heterocycles. The first-order valence-electron chi connectivity index (χ1n) is 9.52. The van der Waals surface area contributed by atoms with Crippen LogP contribution < -0.4 is 10.6 Å². The van der Waals surface area contributed by atoms with Crippen LogP contribution in [-0.2, 0) is 4.74 Å². The molecule has 29 heavy (non-hydrogen) atoms. The van der Waals surface area contributed by atoms with Crippen LogP contribution in [0.4, 0.5) is 15.9 Å². The van der Waals surface area contributed by atoms with Gasteiger partial charge in [0.25, 0.3) is 5.91 Å². The quantitative estimate of drug-likeness (QED) is 0.665. The summed E-state index contributed by atoms with van der Waals surface area (Å²) in [5.41, 5.74) is 2.87. The van der Waals surface area contributed by atoms with E-state index in [4.69, 9.17) is 4.74 Å². The van der Waals surface area contributed by atoms with Gasteiger partial charge in [0, 0.05) is 36.0 Å². The van der Waals surface area contributed by atoms with Gasteiger partial charge in [0.2, 0.25) is 0 Å². The van der Waals surface area contributed by atoms with Crippen LogP contribution in [0.5, 0.6) is 0 Å². The molecule has 1 amide bonds. The van der Waals surface area contributed by atoms with Gasteiger partial charge in [-0.1, -0.05) is 0 Å². The first kappa shape index (κ1) is 19.0. The molecule has 1 aliphatic rings. The lowest BCUT2D eigenvalue weighted by atomic mass is 10.1. The number of carbonyl (C=O) groups is 1. The minimum Gasteiger partial charge on any atom is -0.376 e. The molecule has 2 N–H and O–H groups in total. The van der Waals surface area contributed by atoms with Crippen LogP contribution in [0.1, 0.15) is 23.2 Å². The molecule has 0 radical (unpaired) electrons. The minimum atomic E-state index is -0.291. The van der Waals surface area contributed by atoms with Crippen LogP contribution in [0.25, 0.3) is 11.3 Å². The van der Waals surface area contributed by atoms with Gasteiger partial charge in [-0.25, -0.2) is 14.4 Å². The van der Waals surface area contributed by atoms with E-state index in [1.165, 1.54) is 18.5 Å². The molecule has 7 heteroatoms. The van der Waals surface area contributed by atoms with Gasteiger partial charge in [-0.3, -0.25) is 4.79 Å². The Morgan fingerprint density at radius 2 is 1.90 bits per heavy atom. The Labute approximate surface area is 168 Å². The van der Waals surface area contributed by atoms with Gasteiger partial charge in [0.05, 0.1) is 11.8 Å². The van der Waals surface area contributed by atoms with Crippen LogP contribution in [0, 0.1) is 5.82 Å². The summed E-state index contributed by atoms with van der Waals surface area (Å²) in [6.07, 6.45) is 3.61. The SMILES string of the molecule is O=C(NC[C@H]1CCCO1)c1ccc(Nc2cc(-c3ccc(F)cc3)ncn2)cc1. The van der Waals surface area contributed by atoms with E-state index in [-0.39, 0.29) is 17.8 Å². The molecule has 2 heterocycles. The molecule has 0 spiro atoms. The molecule has 1 atom stereocenters. The average molecular weight is 392 g/mol. The lowest BCUT2D eigenvalue weighted by Gasteiger charge is -2.11. The summed E-state index contributed by atoms with van der Waals surface area (Å²) in [6, 6.07) is 15.1. The zero-order valence-electron chi connectivity index (χ0n) is 15.8. The smallest absolute Gasteiger partial charge is 0.251 e. The number of amides is 1. The molecule has 1 saturated heterocycles. The van der Waals surface area contributed by atoms with Gasteiger partial charge in [-0.05, 0) is 61.4 Å². The molecule has 2 aromatic carbocycles. The molecule has 0 bridgehead atoms. The highest BCUT2D eigenvalue weighted by molar-refractivity contribution is 5.94. The van der Waals surface area contributed by atoms with Gasteiger partial charge in [-0.15, -0.1) is 0 Å². The second kappa shape index (κ2) is 8.79. The molecule has 3 aromatic rings. The Morgan fingerprint density at radius 1 is 1.10 bits per heavy atom. The fourth-order valence-electron chi connectivity index (χ4n) is 3.17. The number of anilines is 2. The zero-order valence-corrected chi connectivity index (χ0v) is 15.8. The fourth-order valence-corrected chi connectivity index (χ4v) is 3.17. The van der Waals surface area contributed by atoms with E-state index >= 15 is 0 Å². The molecule has 1 fully saturated rings. The third-order valence-electron chi connectivity index (χ3n) is 4.74. The molecule has 0 unspecified atom stereocenters. The summed E-state index contributed by atoms with van der Waals surface area (Å²) in [5, 5.41) is 6.10. The summed E-state index contributed by atoms with van der Waals surface area (Å²) in [5.74, 6) is 0.198. The van der Waals surface area contributed by atoms with Gasteiger partial charge >= 0.3 is 0 Å². The Bertz CT molecular complexity index is 971. The van der Waals surface area contributed by atoms with Crippen molar-refractivity contribution in [3.05, 3.63) is 72.3 Å². The highest BCUT2D eigenvalue weighted by Crippen LogP contribution is 2.21. The number of aromatic nitrogens is 2. The number of hydrogen-bond donors (Lipinski definition) is 2. The normalized spacial score (nSPS) is 15.8. The van der Waals surface area contributed by atoms with Crippen molar-refractivity contribution in [2.45, 2.75) is 18.9 Å². The molecular formula is C22H21FN4O2. The van der Waals surface area contributed by atoms with Crippen molar-refractivity contribution in [1.82, 2.24) is 15.3 Å². The summed E-state index contributed by atoms with van der Waals surface area (Å²) in [6.45, 7) is 1.30. The number of nitrogens with zero attached hydrogens (tertiary/aromatic N) is 2. The van der Waals surface area contributed by atoms with Gasteiger partial charge in [-0.2, -0.15) is 0 Å². The van der Waals surface area contributed by atoms with Crippen LogP contribution in [0.2, 0.25) is 0 Å². The minimum absolute atomic E-state index is 0.118. The summed E-state index contributed by atoms with van der Waals surface area (Å²) in [7, 11) is 0. The zero-order chi connectivity index (χ0) is 20.1. The predicted molar refractivity (Wildman–Crippen MR) is 108 cm³/mol. The Balaban J connectivity index is 1.39. The molecule has 148 valence electrons. The third kappa shape index (κ3) is 4.94. The molecular weight excluding hydrogens is 371 g/mol. The molecule has 4 rings (SSSR count). The summed E-state index contributed by atoms with van der Waals surface area (Å²) < 4.78 is 18.6. The maximum absolute atomic E-state index is 13.1. The van der Waals surface area contributed by atoms with Gasteiger partial charge < -0.3 is 15.4 Å². The van der Waals surface area contributed by atoms with E-state index in [0.717, 1.165) is 30.7 Å². The van der Waals surface area contributed by atoms with Gasteiger partial charge in [0.15, 0.2) is 0 Å². The van der Waals surface area contributed by atoms with Crippen molar-refractivity contribution in [2.75, 3.05) is 18.5 Å². The fraction of sp³-hybridized carbons (Fsp3) is 0.227. The number of halogens is 1. The maximum atomic E-state index is 13.1. The number of carbonyl (C=O) groups excluding carboxylic acids is 1. The number of hydrogen-bond acceptors (Lipinski definition) is 5. The van der Waals surface area contributed by atoms with Crippen molar-refractivity contribution in [1.29, 1.82) is 0 Å². The van der Waals surface area contributed by atoms with E-state index < -0.39 is 0 Å². The van der Waals surface area contributed by atoms with E-state index in [1.54, 1.807) is 30.3 Å². The largest absolute Gasteiger partial charge is 0.376 e. The van der Waals surface area contributed by atoms with Gasteiger partial charge in [0.1, 0.15) is 18.0 Å². The number of rotatable bonds is 6. The lowest BCUT2D eigenvalue weighted by Crippen LogP contribution is -2.31. The average Bonchev–Trinajstić information content (AvgIpc) is 3.27. The van der Waals surface area contributed by atoms with E-state index in [0.29, 0.717) is 23.6 Å². The summed E-state index contributed by atoms with van der Waals surface area (Å²) in [4.78, 5) is 20.7. The first-order valence-corrected chi connectivity index (χ1v) is 9.52.